The van der Waals surface area contributed by atoms with Crippen LogP contribution in [0.3, 0.4) is 0 Å². The summed E-state index contributed by atoms with van der Waals surface area (Å²) in [5, 5.41) is 7.10. The number of fused-ring (bicyclic) bond motifs is 1. The number of amides is 1. The molecule has 1 heterocycles. The minimum Gasteiger partial charge on any atom is -0.491 e. The fourth-order valence-corrected chi connectivity index (χ4v) is 5.82. The number of aryl methyl sites for hydroxylation is 1. The van der Waals surface area contributed by atoms with Gasteiger partial charge in [-0.25, -0.2) is 0 Å². The Morgan fingerprint density at radius 2 is 1.80 bits per heavy atom. The number of carbonyl (C=O) groups is 1. The second kappa shape index (κ2) is 11.6. The maximum atomic E-state index is 12.9. The molecule has 2 aromatic rings. The van der Waals surface area contributed by atoms with Gasteiger partial charge in [-0.3, -0.25) is 4.79 Å². The topological polar surface area (TPSA) is 59.6 Å². The van der Waals surface area contributed by atoms with Gasteiger partial charge < -0.3 is 20.1 Å². The van der Waals surface area contributed by atoms with Crippen molar-refractivity contribution >= 4 is 5.91 Å². The highest BCUT2D eigenvalue weighted by atomic mass is 16.5. The molecule has 2 N–H and O–H groups in total. The van der Waals surface area contributed by atoms with E-state index in [-0.39, 0.29) is 18.1 Å². The van der Waals surface area contributed by atoms with E-state index in [2.05, 4.69) is 35.8 Å². The monoisotopic (exact) mass is 476 g/mol. The molecule has 5 rings (SSSR count). The summed E-state index contributed by atoms with van der Waals surface area (Å²) in [6.07, 6.45) is 12.0. The zero-order chi connectivity index (χ0) is 24.0. The Hall–Kier alpha value is -2.37. The van der Waals surface area contributed by atoms with Crippen LogP contribution in [0.2, 0.25) is 0 Å². The lowest BCUT2D eigenvalue weighted by Gasteiger charge is -2.29. The molecular weight excluding hydrogens is 436 g/mol. The smallest absolute Gasteiger partial charge is 0.251 e. The molecule has 0 radical (unpaired) electrons. The van der Waals surface area contributed by atoms with Crippen molar-refractivity contribution in [1.82, 2.24) is 10.6 Å². The van der Waals surface area contributed by atoms with Gasteiger partial charge >= 0.3 is 0 Å². The normalized spacial score (nSPS) is 23.5. The van der Waals surface area contributed by atoms with Gasteiger partial charge in [0.1, 0.15) is 12.4 Å². The largest absolute Gasteiger partial charge is 0.491 e. The van der Waals surface area contributed by atoms with E-state index in [1.54, 1.807) is 0 Å². The lowest BCUT2D eigenvalue weighted by Crippen LogP contribution is -2.39. The minimum atomic E-state index is -0.00829. The molecule has 1 amide bonds. The highest BCUT2D eigenvalue weighted by Gasteiger charge is 2.23. The van der Waals surface area contributed by atoms with E-state index in [0.29, 0.717) is 24.3 Å². The van der Waals surface area contributed by atoms with Crippen LogP contribution in [0, 0.1) is 0 Å². The predicted octanol–water partition coefficient (Wildman–Crippen LogP) is 5.52. The third-order valence-electron chi connectivity index (χ3n) is 7.96. The first-order valence-corrected chi connectivity index (χ1v) is 13.7. The van der Waals surface area contributed by atoms with Crippen LogP contribution in [0.4, 0.5) is 0 Å². The number of hydrogen-bond acceptors (Lipinski definition) is 4. The van der Waals surface area contributed by atoms with Crippen molar-refractivity contribution in [1.29, 1.82) is 0 Å². The molecule has 1 saturated heterocycles. The lowest BCUT2D eigenvalue weighted by atomic mass is 9.86. The number of carbonyl (C=O) groups excluding carboxylic acids is 1. The summed E-state index contributed by atoms with van der Waals surface area (Å²) in [6, 6.07) is 15.6. The van der Waals surface area contributed by atoms with Crippen molar-refractivity contribution in [3.8, 4) is 5.75 Å². The molecule has 1 aliphatic heterocycles. The molecule has 1 saturated carbocycles. The van der Waals surface area contributed by atoms with Crippen molar-refractivity contribution in [2.45, 2.75) is 95.4 Å². The van der Waals surface area contributed by atoms with Gasteiger partial charge in [0.25, 0.3) is 5.91 Å². The Bertz CT molecular complexity index is 978. The van der Waals surface area contributed by atoms with Gasteiger partial charge in [-0.05, 0) is 92.8 Å². The molecule has 0 unspecified atom stereocenters. The van der Waals surface area contributed by atoms with Crippen LogP contribution in [0.1, 0.15) is 91.4 Å². The van der Waals surface area contributed by atoms with Gasteiger partial charge in [0.05, 0.1) is 6.10 Å². The highest BCUT2D eigenvalue weighted by Crippen LogP contribution is 2.27. The molecular formula is C30H40N2O3. The Kier molecular flexibility index (Phi) is 8.05. The fraction of sp³-hybridized carbons (Fsp3) is 0.567. The molecule has 2 fully saturated rings. The van der Waals surface area contributed by atoms with Crippen molar-refractivity contribution in [2.24, 2.45) is 0 Å². The molecule has 0 bridgehead atoms. The van der Waals surface area contributed by atoms with Crippen LogP contribution >= 0.6 is 0 Å². The second-order valence-electron chi connectivity index (χ2n) is 10.6. The first-order valence-electron chi connectivity index (χ1n) is 13.7. The molecule has 0 spiro atoms. The summed E-state index contributed by atoms with van der Waals surface area (Å²) in [7, 11) is 0. The maximum absolute atomic E-state index is 12.9. The molecule has 0 aromatic heterocycles. The van der Waals surface area contributed by atoms with E-state index in [9.17, 15) is 4.79 Å². The van der Waals surface area contributed by atoms with Crippen LogP contribution in [-0.4, -0.2) is 37.3 Å². The molecule has 3 atom stereocenters. The number of nitrogens with one attached hydrogen (secondary N) is 2. The van der Waals surface area contributed by atoms with Gasteiger partial charge in [-0.1, -0.05) is 37.5 Å². The number of rotatable bonds is 8. The summed E-state index contributed by atoms with van der Waals surface area (Å²) in [5.41, 5.74) is 4.88. The van der Waals surface area contributed by atoms with Gasteiger partial charge in [0.2, 0.25) is 0 Å². The zero-order valence-electron chi connectivity index (χ0n) is 21.1. The third kappa shape index (κ3) is 6.45. The summed E-state index contributed by atoms with van der Waals surface area (Å²) in [6.45, 7) is 3.70. The van der Waals surface area contributed by atoms with Crippen LogP contribution in [0.15, 0.2) is 42.5 Å². The Balaban J connectivity index is 1.12. The Morgan fingerprint density at radius 1 is 0.971 bits per heavy atom. The van der Waals surface area contributed by atoms with E-state index in [0.717, 1.165) is 44.5 Å². The van der Waals surface area contributed by atoms with Crippen LogP contribution < -0.4 is 15.4 Å². The highest BCUT2D eigenvalue weighted by molar-refractivity contribution is 5.94. The summed E-state index contributed by atoms with van der Waals surface area (Å²) in [5.74, 6) is 0.776. The molecule has 35 heavy (non-hydrogen) atoms. The van der Waals surface area contributed by atoms with Crippen LogP contribution in [0.25, 0.3) is 0 Å². The van der Waals surface area contributed by atoms with Crippen molar-refractivity contribution in [3.05, 3.63) is 64.7 Å². The molecule has 5 heteroatoms. The van der Waals surface area contributed by atoms with E-state index < -0.39 is 0 Å². The van der Waals surface area contributed by atoms with E-state index in [1.165, 1.54) is 48.8 Å². The number of hydrogen-bond donors (Lipinski definition) is 2. The molecule has 188 valence electrons. The SMILES string of the molecule is C[C@H](NC1CCCCC1)c1ccc2c(c1)CC[C@H](NC(=O)c1ccc(OC[C@@H]3CCCO3)cc1)C2. The number of ether oxygens (including phenoxy) is 2. The Labute approximate surface area is 210 Å². The van der Waals surface area contributed by atoms with Crippen LogP contribution in [0.5, 0.6) is 5.75 Å². The first kappa shape index (κ1) is 24.3. The molecule has 5 nitrogen and oxygen atoms in total. The standard InChI is InChI=1S/C30H40N2O3/c1-21(31-26-6-3-2-4-7-26)23-9-10-25-19-27(14-11-24(25)18-23)32-30(33)22-12-15-28(16-13-22)35-20-29-8-5-17-34-29/h9-10,12-13,15-16,18,21,26-27,29,31H,2-8,11,14,17,19-20H2,1H3,(H,32,33)/t21-,27-,29-/m0/s1. The average molecular weight is 477 g/mol. The zero-order valence-corrected chi connectivity index (χ0v) is 21.1. The van der Waals surface area contributed by atoms with Gasteiger partial charge in [0, 0.05) is 30.3 Å². The second-order valence-corrected chi connectivity index (χ2v) is 10.6. The van der Waals surface area contributed by atoms with E-state index >= 15 is 0 Å². The maximum Gasteiger partial charge on any atom is 0.251 e. The van der Waals surface area contributed by atoms with Crippen molar-refractivity contribution in [3.63, 3.8) is 0 Å². The quantitative estimate of drug-likeness (QED) is 0.527. The molecule has 3 aliphatic rings. The Morgan fingerprint density at radius 3 is 2.57 bits per heavy atom. The lowest BCUT2D eigenvalue weighted by molar-refractivity contribution is 0.0679. The summed E-state index contributed by atoms with van der Waals surface area (Å²) in [4.78, 5) is 12.9. The summed E-state index contributed by atoms with van der Waals surface area (Å²) >= 11 is 0. The average Bonchev–Trinajstić information content (AvgIpc) is 3.42. The van der Waals surface area contributed by atoms with Crippen molar-refractivity contribution < 1.29 is 14.3 Å². The molecule has 2 aliphatic carbocycles. The molecule has 2 aromatic carbocycles. The van der Waals surface area contributed by atoms with E-state index in [1.807, 2.05) is 24.3 Å². The minimum absolute atomic E-state index is 0.00829. The summed E-state index contributed by atoms with van der Waals surface area (Å²) < 4.78 is 11.4. The van der Waals surface area contributed by atoms with E-state index in [4.69, 9.17) is 9.47 Å². The van der Waals surface area contributed by atoms with Gasteiger partial charge in [0.15, 0.2) is 0 Å². The fourth-order valence-electron chi connectivity index (χ4n) is 5.82. The third-order valence-corrected chi connectivity index (χ3v) is 7.96. The van der Waals surface area contributed by atoms with Gasteiger partial charge in [-0.15, -0.1) is 0 Å². The van der Waals surface area contributed by atoms with Gasteiger partial charge in [-0.2, -0.15) is 0 Å². The van der Waals surface area contributed by atoms with Crippen LogP contribution in [-0.2, 0) is 17.6 Å². The predicted molar refractivity (Wildman–Crippen MR) is 139 cm³/mol. The number of benzene rings is 2. The van der Waals surface area contributed by atoms with Crippen molar-refractivity contribution in [2.75, 3.05) is 13.2 Å². The first-order chi connectivity index (χ1) is 17.1.